The quantitative estimate of drug-likeness (QED) is 0.168. The van der Waals surface area contributed by atoms with Gasteiger partial charge in [-0.25, -0.2) is 15.0 Å². The van der Waals surface area contributed by atoms with Crippen LogP contribution in [0.25, 0.3) is 11.2 Å². The zero-order valence-corrected chi connectivity index (χ0v) is 28.8. The van der Waals surface area contributed by atoms with Gasteiger partial charge in [0, 0.05) is 12.4 Å². The van der Waals surface area contributed by atoms with E-state index in [1.165, 1.54) is 31.1 Å². The van der Waals surface area contributed by atoms with Crippen LogP contribution in [0, 0.1) is 0 Å². The summed E-state index contributed by atoms with van der Waals surface area (Å²) in [4.78, 5) is 19.9. The molecule has 0 atom stereocenters. The second-order valence-electron chi connectivity index (χ2n) is 11.9. The first-order chi connectivity index (χ1) is 24.3. The molecule has 0 fully saturated rings. The van der Waals surface area contributed by atoms with Crippen LogP contribution in [0.15, 0.2) is 201 Å². The number of hydrogen-bond donors (Lipinski definition) is 0. The first-order valence-electron chi connectivity index (χ1n) is 16.4. The predicted molar refractivity (Wildman–Crippen MR) is 206 cm³/mol. The number of rotatable bonds is 9. The van der Waals surface area contributed by atoms with Crippen molar-refractivity contribution in [3.05, 3.63) is 201 Å². The summed E-state index contributed by atoms with van der Waals surface area (Å²) < 4.78 is 2.70. The summed E-state index contributed by atoms with van der Waals surface area (Å²) in [5.74, 6) is 0.624. The molecular formula is C42H33N5Si2. The van der Waals surface area contributed by atoms with Crippen LogP contribution in [0.4, 0.5) is 5.95 Å². The van der Waals surface area contributed by atoms with Gasteiger partial charge in [0.05, 0.1) is 6.20 Å². The molecule has 0 aliphatic rings. The third kappa shape index (κ3) is 5.16. The molecule has 0 unspecified atom stereocenters. The van der Waals surface area contributed by atoms with Gasteiger partial charge < -0.3 is 4.23 Å². The minimum Gasteiger partial charge on any atom is -0.371 e. The maximum Gasteiger partial charge on any atom is 0.248 e. The Hall–Kier alpha value is -6.03. The monoisotopic (exact) mass is 663 g/mol. The second kappa shape index (κ2) is 13.2. The zero-order chi connectivity index (χ0) is 32.9. The van der Waals surface area contributed by atoms with Gasteiger partial charge in [-0.2, -0.15) is 4.98 Å². The van der Waals surface area contributed by atoms with E-state index in [0.29, 0.717) is 17.1 Å². The van der Waals surface area contributed by atoms with Gasteiger partial charge >= 0.3 is 0 Å². The lowest BCUT2D eigenvalue weighted by atomic mass is 10.3. The fourth-order valence-electron chi connectivity index (χ4n) is 7.27. The van der Waals surface area contributed by atoms with E-state index in [-0.39, 0.29) is 0 Å². The van der Waals surface area contributed by atoms with Crippen LogP contribution in [0.2, 0.25) is 0 Å². The van der Waals surface area contributed by atoms with Gasteiger partial charge in [0.15, 0.2) is 5.65 Å². The summed E-state index contributed by atoms with van der Waals surface area (Å²) in [7, 11) is -6.69. The Bertz CT molecular complexity index is 1960. The van der Waals surface area contributed by atoms with Crippen molar-refractivity contribution in [2.75, 3.05) is 4.23 Å². The molecule has 0 saturated heterocycles. The van der Waals surface area contributed by atoms with E-state index < -0.39 is 16.5 Å². The molecule has 2 aromatic heterocycles. The molecule has 0 amide bonds. The highest BCUT2D eigenvalue weighted by atomic mass is 28.4. The largest absolute Gasteiger partial charge is 0.371 e. The number of anilines is 1. The minimum atomic E-state index is -3.34. The predicted octanol–water partition coefficient (Wildman–Crippen LogP) is 4.56. The Morgan fingerprint density at radius 3 is 0.980 bits per heavy atom. The lowest BCUT2D eigenvalue weighted by molar-refractivity contribution is 1.12. The van der Waals surface area contributed by atoms with Crippen molar-refractivity contribution in [2.24, 2.45) is 0 Å². The summed E-state index contributed by atoms with van der Waals surface area (Å²) in [6.07, 6.45) is 5.23. The second-order valence-corrected chi connectivity index (χ2v) is 19.5. The van der Waals surface area contributed by atoms with Gasteiger partial charge in [-0.05, 0) is 31.1 Å². The zero-order valence-electron chi connectivity index (χ0n) is 26.8. The highest BCUT2D eigenvalue weighted by molar-refractivity contribution is 7.29. The maximum absolute atomic E-state index is 5.37. The van der Waals surface area contributed by atoms with E-state index in [0.717, 1.165) is 0 Å². The highest BCUT2D eigenvalue weighted by Crippen LogP contribution is 2.28. The molecule has 8 rings (SSSR count). The number of nitrogens with zero attached hydrogens (tertiary/aromatic N) is 5. The van der Waals surface area contributed by atoms with Crippen molar-refractivity contribution >= 4 is 64.7 Å². The van der Waals surface area contributed by atoms with E-state index in [4.69, 9.17) is 15.0 Å². The molecule has 0 spiro atoms. The first kappa shape index (κ1) is 30.3. The van der Waals surface area contributed by atoms with Crippen LogP contribution in [0.1, 0.15) is 0 Å². The Balaban J connectivity index is 1.66. The molecule has 0 bridgehead atoms. The van der Waals surface area contributed by atoms with Gasteiger partial charge in [0.25, 0.3) is 0 Å². The number of aromatic nitrogens is 4. The van der Waals surface area contributed by atoms with E-state index in [1.54, 1.807) is 12.4 Å². The van der Waals surface area contributed by atoms with Crippen molar-refractivity contribution in [3.63, 3.8) is 0 Å². The molecule has 2 heterocycles. The standard InChI is InChI=1S/C42H33N5Si2/c1-7-19-34(20-8-1)48(35-21-9-2-10-22-35,36-23-11-3-12-24-36)47(42-45-33-40-41(46-42)44-32-31-43-40)49(37-25-13-4-14-26-37,38-27-15-5-16-28-38)39-29-17-6-18-30-39/h1-33H. The van der Waals surface area contributed by atoms with Crippen LogP contribution in [0.3, 0.4) is 0 Å². The normalized spacial score (nSPS) is 11.7. The third-order valence-corrected chi connectivity index (χ3v) is 20.0. The molecule has 0 radical (unpaired) electrons. The molecule has 6 aromatic carbocycles. The molecule has 0 aliphatic carbocycles. The average molecular weight is 664 g/mol. The van der Waals surface area contributed by atoms with Crippen LogP contribution < -0.4 is 35.4 Å². The summed E-state index contributed by atoms with van der Waals surface area (Å²) in [5, 5.41) is 7.39. The number of hydrogen-bond acceptors (Lipinski definition) is 5. The maximum atomic E-state index is 5.37. The Kier molecular flexibility index (Phi) is 8.19. The summed E-state index contributed by atoms with van der Waals surface area (Å²) >= 11 is 0. The molecule has 8 aromatic rings. The number of benzene rings is 6. The van der Waals surface area contributed by atoms with Crippen molar-refractivity contribution in [2.45, 2.75) is 0 Å². The molecule has 234 valence electrons. The first-order valence-corrected chi connectivity index (χ1v) is 20.3. The Morgan fingerprint density at radius 1 is 0.347 bits per heavy atom. The van der Waals surface area contributed by atoms with E-state index >= 15 is 0 Å². The topological polar surface area (TPSA) is 54.8 Å². The van der Waals surface area contributed by atoms with Crippen molar-refractivity contribution in [1.82, 2.24) is 19.9 Å². The number of fused-ring (bicyclic) bond motifs is 1. The lowest BCUT2D eigenvalue weighted by Gasteiger charge is -2.53. The fourth-order valence-corrected chi connectivity index (χ4v) is 20.0. The lowest BCUT2D eigenvalue weighted by Crippen LogP contribution is -2.91. The van der Waals surface area contributed by atoms with Crippen molar-refractivity contribution in [1.29, 1.82) is 0 Å². The minimum absolute atomic E-state index is 0.562. The third-order valence-electron chi connectivity index (χ3n) is 9.23. The van der Waals surface area contributed by atoms with Gasteiger partial charge in [-0.15, -0.1) is 0 Å². The molecule has 49 heavy (non-hydrogen) atoms. The summed E-state index contributed by atoms with van der Waals surface area (Å²) in [6.45, 7) is 0. The van der Waals surface area contributed by atoms with Crippen molar-refractivity contribution < 1.29 is 0 Å². The van der Waals surface area contributed by atoms with Gasteiger partial charge in [-0.3, -0.25) is 0 Å². The SMILES string of the molecule is c1ccc([Si](c2ccccc2)(c2ccccc2)N(c2ncc3nccnc3n2)[Si](c2ccccc2)(c2ccccc2)c2ccccc2)cc1. The highest BCUT2D eigenvalue weighted by Gasteiger charge is 2.59. The van der Waals surface area contributed by atoms with Gasteiger partial charge in [0.2, 0.25) is 22.4 Å². The smallest absolute Gasteiger partial charge is 0.248 e. The molecular weight excluding hydrogens is 631 g/mol. The molecule has 0 saturated carbocycles. The van der Waals surface area contributed by atoms with E-state index in [9.17, 15) is 0 Å². The van der Waals surface area contributed by atoms with E-state index in [2.05, 4.69) is 191 Å². The average Bonchev–Trinajstić information content (AvgIpc) is 3.20. The Morgan fingerprint density at radius 2 is 0.653 bits per heavy atom. The van der Waals surface area contributed by atoms with Crippen LogP contribution >= 0.6 is 0 Å². The molecule has 5 nitrogen and oxygen atoms in total. The van der Waals surface area contributed by atoms with Crippen LogP contribution in [-0.4, -0.2) is 36.4 Å². The van der Waals surface area contributed by atoms with Crippen molar-refractivity contribution in [3.8, 4) is 0 Å². The molecule has 0 aliphatic heterocycles. The van der Waals surface area contributed by atoms with Crippen LogP contribution in [0.5, 0.6) is 0 Å². The van der Waals surface area contributed by atoms with Crippen LogP contribution in [-0.2, 0) is 0 Å². The summed E-state index contributed by atoms with van der Waals surface area (Å²) in [6, 6.07) is 66.0. The molecule has 0 N–H and O–H groups in total. The Labute approximate surface area is 288 Å². The molecule has 7 heteroatoms. The van der Waals surface area contributed by atoms with E-state index in [1.807, 2.05) is 6.20 Å². The fraction of sp³-hybridized carbons (Fsp3) is 0. The van der Waals surface area contributed by atoms with Gasteiger partial charge in [-0.1, -0.05) is 182 Å². The van der Waals surface area contributed by atoms with Gasteiger partial charge in [0.1, 0.15) is 5.52 Å². The summed E-state index contributed by atoms with van der Waals surface area (Å²) in [5.41, 5.74) is 1.22.